The molecule has 1 N–H and O–H groups in total. The molecule has 1 saturated heterocycles. The topological polar surface area (TPSA) is 66.5 Å². The molecule has 1 spiro atoms. The van der Waals surface area contributed by atoms with Crippen LogP contribution in [0.15, 0.2) is 29.5 Å². The van der Waals surface area contributed by atoms with Crippen LogP contribution >= 0.6 is 0 Å². The molecule has 1 aliphatic heterocycles. The second-order valence-corrected chi connectivity index (χ2v) is 10.6. The van der Waals surface area contributed by atoms with Crippen molar-refractivity contribution in [1.29, 1.82) is 0 Å². The van der Waals surface area contributed by atoms with Gasteiger partial charge in [-0.25, -0.2) is 0 Å². The molecule has 33 heavy (non-hydrogen) atoms. The molecular formula is C28H36N2O3. The zero-order valence-corrected chi connectivity index (χ0v) is 19.9. The van der Waals surface area contributed by atoms with E-state index in [2.05, 4.69) is 17.4 Å². The van der Waals surface area contributed by atoms with Crippen LogP contribution in [0.25, 0.3) is 0 Å². The monoisotopic (exact) mass is 448 g/mol. The maximum absolute atomic E-state index is 13.4. The maximum Gasteiger partial charge on any atom is 0.233 e. The molecule has 0 radical (unpaired) electrons. The number of Topliss-reactive ketones (excluding diaryl/α,β-unsaturated/α-hetero) is 2. The van der Waals surface area contributed by atoms with E-state index in [4.69, 9.17) is 0 Å². The van der Waals surface area contributed by atoms with Crippen LogP contribution < -0.4 is 5.32 Å². The smallest absolute Gasteiger partial charge is 0.233 e. The molecule has 0 unspecified atom stereocenters. The number of rotatable bonds is 5. The highest BCUT2D eigenvalue weighted by Crippen LogP contribution is 2.47. The molecule has 1 amide bonds. The Labute approximate surface area is 197 Å². The molecule has 3 aliphatic carbocycles. The van der Waals surface area contributed by atoms with Gasteiger partial charge < -0.3 is 10.2 Å². The van der Waals surface area contributed by atoms with E-state index in [1.165, 1.54) is 11.1 Å². The number of nitrogens with one attached hydrogen (secondary N) is 1. The predicted octanol–water partition coefficient (Wildman–Crippen LogP) is 4.53. The molecule has 5 nitrogen and oxygen atoms in total. The molecule has 1 aromatic rings. The van der Waals surface area contributed by atoms with Crippen LogP contribution in [-0.2, 0) is 22.4 Å². The number of hydrogen-bond acceptors (Lipinski definition) is 4. The van der Waals surface area contributed by atoms with E-state index in [-0.39, 0.29) is 17.1 Å². The average molecular weight is 449 g/mol. The van der Waals surface area contributed by atoms with Crippen molar-refractivity contribution < 1.29 is 14.4 Å². The number of likely N-dealkylation sites (tertiary alicyclic amines) is 1. The molecule has 5 heteroatoms. The normalized spacial score (nSPS) is 28.1. The van der Waals surface area contributed by atoms with Crippen molar-refractivity contribution in [3.05, 3.63) is 46.2 Å². The van der Waals surface area contributed by atoms with Crippen molar-refractivity contribution in [2.45, 2.75) is 90.0 Å². The Morgan fingerprint density at radius 2 is 1.73 bits per heavy atom. The van der Waals surface area contributed by atoms with Crippen LogP contribution in [0.4, 0.5) is 0 Å². The lowest BCUT2D eigenvalue weighted by molar-refractivity contribution is -0.136. The number of ketones is 2. The maximum atomic E-state index is 13.4. The Morgan fingerprint density at radius 3 is 2.55 bits per heavy atom. The van der Waals surface area contributed by atoms with Crippen LogP contribution in [0.1, 0.15) is 92.6 Å². The second-order valence-electron chi connectivity index (χ2n) is 10.6. The molecule has 4 aliphatic rings. The fourth-order valence-electron chi connectivity index (χ4n) is 6.48. The predicted molar refractivity (Wildman–Crippen MR) is 128 cm³/mol. The van der Waals surface area contributed by atoms with E-state index in [0.29, 0.717) is 24.7 Å². The van der Waals surface area contributed by atoms with Gasteiger partial charge >= 0.3 is 0 Å². The van der Waals surface area contributed by atoms with Gasteiger partial charge in [0.05, 0.1) is 5.41 Å². The summed E-state index contributed by atoms with van der Waals surface area (Å²) >= 11 is 0. The first-order valence-electron chi connectivity index (χ1n) is 12.9. The SMILES string of the molecule is CC1=C(N2CC[C@]3(CC[C@@H](NCCc4ccc5c(c4)CCCC5=O)CC3)C2=O)CCCC1=O. The van der Waals surface area contributed by atoms with Gasteiger partial charge in [-0.05, 0) is 88.8 Å². The molecule has 5 rings (SSSR count). The van der Waals surface area contributed by atoms with Gasteiger partial charge in [-0.15, -0.1) is 0 Å². The van der Waals surface area contributed by atoms with Crippen LogP contribution in [-0.4, -0.2) is 41.5 Å². The Kier molecular flexibility index (Phi) is 6.26. The lowest BCUT2D eigenvalue weighted by Gasteiger charge is -2.36. The van der Waals surface area contributed by atoms with Crippen LogP contribution in [0.3, 0.4) is 0 Å². The van der Waals surface area contributed by atoms with Crippen molar-refractivity contribution in [2.24, 2.45) is 5.41 Å². The number of carbonyl (C=O) groups excluding carboxylic acids is 3. The van der Waals surface area contributed by atoms with Crippen LogP contribution in [0, 0.1) is 5.41 Å². The van der Waals surface area contributed by atoms with Crippen molar-refractivity contribution >= 4 is 17.5 Å². The fraction of sp³-hybridized carbons (Fsp3) is 0.607. The zero-order chi connectivity index (χ0) is 23.0. The fourth-order valence-corrected chi connectivity index (χ4v) is 6.48. The van der Waals surface area contributed by atoms with Gasteiger partial charge in [-0.3, -0.25) is 14.4 Å². The number of benzene rings is 1. The van der Waals surface area contributed by atoms with E-state index >= 15 is 0 Å². The van der Waals surface area contributed by atoms with Gasteiger partial charge in [0.25, 0.3) is 0 Å². The Bertz CT molecular complexity index is 1000. The van der Waals surface area contributed by atoms with Gasteiger partial charge in [0.1, 0.15) is 0 Å². The lowest BCUT2D eigenvalue weighted by Crippen LogP contribution is -2.42. The molecule has 2 fully saturated rings. The Hall–Kier alpha value is -2.27. The summed E-state index contributed by atoms with van der Waals surface area (Å²) in [5, 5.41) is 3.72. The van der Waals surface area contributed by atoms with Crippen LogP contribution in [0.2, 0.25) is 0 Å². The molecule has 0 aromatic heterocycles. The first-order chi connectivity index (χ1) is 16.0. The van der Waals surface area contributed by atoms with Crippen molar-refractivity contribution in [3.8, 4) is 0 Å². The minimum absolute atomic E-state index is 0.211. The Balaban J connectivity index is 1.13. The Morgan fingerprint density at radius 1 is 0.970 bits per heavy atom. The number of carbonyl (C=O) groups is 3. The molecule has 0 atom stereocenters. The summed E-state index contributed by atoms with van der Waals surface area (Å²) in [6.45, 7) is 3.60. The standard InChI is InChI=1S/C28H36N2O3/c1-19-24(5-3-6-25(19)31)30-17-15-28(27(30)33)13-10-22(11-14-28)29-16-12-20-8-9-23-21(18-20)4-2-7-26(23)32/h8-9,18,22,29H,2-7,10-17H2,1H3/t22-,28-. The number of amides is 1. The molecule has 1 heterocycles. The average Bonchev–Trinajstić information content (AvgIpc) is 3.13. The summed E-state index contributed by atoms with van der Waals surface area (Å²) in [6, 6.07) is 6.82. The highest BCUT2D eigenvalue weighted by atomic mass is 16.2. The number of fused-ring (bicyclic) bond motifs is 1. The van der Waals surface area contributed by atoms with Gasteiger partial charge in [0.2, 0.25) is 5.91 Å². The highest BCUT2D eigenvalue weighted by molar-refractivity contribution is 5.98. The summed E-state index contributed by atoms with van der Waals surface area (Å²) in [6.07, 6.45) is 10.9. The lowest BCUT2D eigenvalue weighted by atomic mass is 9.71. The molecular weight excluding hydrogens is 412 g/mol. The van der Waals surface area contributed by atoms with Gasteiger partial charge in [0, 0.05) is 42.3 Å². The van der Waals surface area contributed by atoms with Crippen molar-refractivity contribution in [2.75, 3.05) is 13.1 Å². The quantitative estimate of drug-likeness (QED) is 0.719. The summed E-state index contributed by atoms with van der Waals surface area (Å²) in [4.78, 5) is 39.6. The highest BCUT2D eigenvalue weighted by Gasteiger charge is 2.49. The zero-order valence-electron chi connectivity index (χ0n) is 19.9. The molecule has 176 valence electrons. The van der Waals surface area contributed by atoms with Crippen molar-refractivity contribution in [3.63, 3.8) is 0 Å². The largest absolute Gasteiger partial charge is 0.315 e. The summed E-state index contributed by atoms with van der Waals surface area (Å²) in [5.41, 5.74) is 5.05. The first-order valence-corrected chi connectivity index (χ1v) is 12.9. The first kappa shape index (κ1) is 22.5. The van der Waals surface area contributed by atoms with Gasteiger partial charge in [-0.1, -0.05) is 18.2 Å². The van der Waals surface area contributed by atoms with Crippen LogP contribution in [0.5, 0.6) is 0 Å². The van der Waals surface area contributed by atoms with E-state index in [9.17, 15) is 14.4 Å². The van der Waals surface area contributed by atoms with E-state index in [1.807, 2.05) is 17.9 Å². The molecule has 0 bridgehead atoms. The third-order valence-corrected chi connectivity index (χ3v) is 8.62. The number of allylic oxidation sites excluding steroid dienone is 2. The van der Waals surface area contributed by atoms with Gasteiger partial charge in [-0.2, -0.15) is 0 Å². The minimum atomic E-state index is -0.211. The number of nitrogens with zero attached hydrogens (tertiary/aromatic N) is 1. The minimum Gasteiger partial charge on any atom is -0.315 e. The summed E-state index contributed by atoms with van der Waals surface area (Å²) in [5.74, 6) is 0.774. The molecule has 1 aromatic carbocycles. The summed E-state index contributed by atoms with van der Waals surface area (Å²) < 4.78 is 0. The number of hydrogen-bond donors (Lipinski definition) is 1. The van der Waals surface area contributed by atoms with Gasteiger partial charge in [0.15, 0.2) is 11.6 Å². The van der Waals surface area contributed by atoms with E-state index in [0.717, 1.165) is 94.1 Å². The third kappa shape index (κ3) is 4.32. The van der Waals surface area contributed by atoms with E-state index in [1.54, 1.807) is 0 Å². The van der Waals surface area contributed by atoms with Crippen molar-refractivity contribution in [1.82, 2.24) is 10.2 Å². The second kappa shape index (κ2) is 9.17. The third-order valence-electron chi connectivity index (χ3n) is 8.62. The summed E-state index contributed by atoms with van der Waals surface area (Å²) in [7, 11) is 0. The van der Waals surface area contributed by atoms with E-state index < -0.39 is 0 Å². The number of aryl methyl sites for hydroxylation is 1. The molecule has 1 saturated carbocycles.